The number of halogens is 1. The second kappa shape index (κ2) is 4.93. The molecule has 2 heterocycles. The van der Waals surface area contributed by atoms with Crippen LogP contribution in [0.15, 0.2) is 18.2 Å². The Morgan fingerprint density at radius 3 is 2.58 bits per heavy atom. The highest BCUT2D eigenvalue weighted by molar-refractivity contribution is 5.95. The summed E-state index contributed by atoms with van der Waals surface area (Å²) in [5.74, 6) is -1.20. The van der Waals surface area contributed by atoms with Crippen LogP contribution in [0.1, 0.15) is 11.5 Å². The molecule has 1 aromatic carbocycles. The Balaban J connectivity index is 1.55. The van der Waals surface area contributed by atoms with Crippen LogP contribution in [0.3, 0.4) is 0 Å². The van der Waals surface area contributed by atoms with E-state index >= 15 is 0 Å². The first kappa shape index (κ1) is 14.9. The first-order valence-electron chi connectivity index (χ1n) is 7.70. The summed E-state index contributed by atoms with van der Waals surface area (Å²) < 4.78 is 19.4. The molecule has 4 rings (SSSR count). The van der Waals surface area contributed by atoms with Crippen molar-refractivity contribution in [3.8, 4) is 0 Å². The maximum atomic E-state index is 14.5. The van der Waals surface area contributed by atoms with E-state index in [0.29, 0.717) is 17.8 Å². The number of anilines is 1. The van der Waals surface area contributed by atoms with Crippen molar-refractivity contribution >= 4 is 23.6 Å². The van der Waals surface area contributed by atoms with E-state index < -0.39 is 23.9 Å². The van der Waals surface area contributed by atoms with Gasteiger partial charge in [-0.15, -0.1) is 0 Å². The normalized spacial score (nSPS) is 31.2. The molecule has 7 nitrogen and oxygen atoms in total. The van der Waals surface area contributed by atoms with Crippen LogP contribution in [0.2, 0.25) is 0 Å². The fourth-order valence-corrected chi connectivity index (χ4v) is 3.80. The molecule has 0 radical (unpaired) electrons. The molecule has 2 N–H and O–H groups in total. The Kier molecular flexibility index (Phi) is 3.06. The number of fused-ring (bicyclic) bond motifs is 1. The average molecular weight is 333 g/mol. The molecule has 3 fully saturated rings. The minimum atomic E-state index is -1.03. The molecule has 4 atom stereocenters. The molecule has 1 aliphatic carbocycles. The first-order chi connectivity index (χ1) is 11.4. The van der Waals surface area contributed by atoms with Gasteiger partial charge in [0.2, 0.25) is 5.91 Å². The number of hydrogen-bond donors (Lipinski definition) is 1. The zero-order chi connectivity index (χ0) is 17.2. The number of piperidine rings is 1. The number of carbonyl (C=O) groups is 3. The highest BCUT2D eigenvalue weighted by atomic mass is 19.1. The lowest BCUT2D eigenvalue weighted by molar-refractivity contribution is -0.129. The first-order valence-corrected chi connectivity index (χ1v) is 7.70. The standard InChI is InChI=1S/C16H16FN3O4/c1-19-5-9-12(13(9)15(19)22)8-3-2-7(4-10(8)17)20-6-11(14(18)21)24-16(20)23/h2-4,9,11-13H,5-6H2,1H3,(H2,18,21)/t9?,11-,12?,13?/m1/s1. The van der Waals surface area contributed by atoms with E-state index in [0.717, 1.165) is 0 Å². The van der Waals surface area contributed by atoms with Gasteiger partial charge in [0.25, 0.3) is 5.91 Å². The second-order valence-electron chi connectivity index (χ2n) is 6.53. The maximum absolute atomic E-state index is 14.5. The van der Waals surface area contributed by atoms with Gasteiger partial charge in [-0.05, 0) is 23.6 Å². The third-order valence-corrected chi connectivity index (χ3v) is 5.10. The van der Waals surface area contributed by atoms with Crippen molar-refractivity contribution < 1.29 is 23.5 Å². The van der Waals surface area contributed by atoms with Crippen LogP contribution >= 0.6 is 0 Å². The van der Waals surface area contributed by atoms with Gasteiger partial charge in [0, 0.05) is 19.5 Å². The number of rotatable bonds is 3. The van der Waals surface area contributed by atoms with E-state index in [4.69, 9.17) is 10.5 Å². The average Bonchev–Trinajstić information content (AvgIpc) is 2.93. The molecule has 3 aliphatic rings. The molecule has 0 spiro atoms. The molecule has 126 valence electrons. The number of hydrogen-bond acceptors (Lipinski definition) is 4. The van der Waals surface area contributed by atoms with Gasteiger partial charge >= 0.3 is 6.09 Å². The molecule has 3 amide bonds. The number of nitrogens with two attached hydrogens (primary N) is 1. The van der Waals surface area contributed by atoms with E-state index in [1.807, 2.05) is 0 Å². The third kappa shape index (κ3) is 2.05. The number of ether oxygens (including phenoxy) is 1. The predicted molar refractivity (Wildman–Crippen MR) is 80.6 cm³/mol. The molecule has 0 aromatic heterocycles. The van der Waals surface area contributed by atoms with Gasteiger partial charge in [0.1, 0.15) is 5.82 Å². The Bertz CT molecular complexity index is 768. The fraction of sp³-hybridized carbons (Fsp3) is 0.438. The summed E-state index contributed by atoms with van der Waals surface area (Å²) in [5, 5.41) is 0. The third-order valence-electron chi connectivity index (χ3n) is 5.10. The molecule has 1 aromatic rings. The number of nitrogens with zero attached hydrogens (tertiary/aromatic N) is 2. The van der Waals surface area contributed by atoms with Crippen LogP contribution in [0.25, 0.3) is 0 Å². The molecular formula is C16H16FN3O4. The van der Waals surface area contributed by atoms with Crippen LogP contribution < -0.4 is 10.6 Å². The van der Waals surface area contributed by atoms with Crippen molar-refractivity contribution in [1.29, 1.82) is 0 Å². The van der Waals surface area contributed by atoms with Gasteiger partial charge in [-0.1, -0.05) is 6.07 Å². The van der Waals surface area contributed by atoms with Crippen molar-refractivity contribution in [3.63, 3.8) is 0 Å². The van der Waals surface area contributed by atoms with Crippen LogP contribution in [0.4, 0.5) is 14.9 Å². The summed E-state index contributed by atoms with van der Waals surface area (Å²) in [6, 6.07) is 4.44. The Morgan fingerprint density at radius 2 is 2.04 bits per heavy atom. The highest BCUT2D eigenvalue weighted by Gasteiger charge is 2.61. The van der Waals surface area contributed by atoms with E-state index in [-0.39, 0.29) is 30.2 Å². The summed E-state index contributed by atoms with van der Waals surface area (Å²) in [4.78, 5) is 37.7. The summed E-state index contributed by atoms with van der Waals surface area (Å²) in [6.45, 7) is 0.610. The highest BCUT2D eigenvalue weighted by Crippen LogP contribution is 2.59. The molecule has 1 saturated carbocycles. The Morgan fingerprint density at radius 1 is 1.29 bits per heavy atom. The van der Waals surface area contributed by atoms with E-state index in [2.05, 4.69) is 0 Å². The number of carbonyl (C=O) groups excluding carboxylic acids is 3. The quantitative estimate of drug-likeness (QED) is 0.868. The lowest BCUT2D eigenvalue weighted by atomic mass is 10.0. The van der Waals surface area contributed by atoms with Gasteiger partial charge in [0.05, 0.1) is 18.2 Å². The summed E-state index contributed by atoms with van der Waals surface area (Å²) in [5.41, 5.74) is 5.93. The van der Waals surface area contributed by atoms with Crippen LogP contribution in [0, 0.1) is 17.7 Å². The molecule has 2 saturated heterocycles. The molecule has 2 aliphatic heterocycles. The Labute approximate surface area is 137 Å². The Hall–Kier alpha value is -2.64. The van der Waals surface area contributed by atoms with Crippen LogP contribution in [0.5, 0.6) is 0 Å². The monoisotopic (exact) mass is 333 g/mol. The minimum Gasteiger partial charge on any atom is -0.434 e. The van der Waals surface area contributed by atoms with Crippen LogP contribution in [-0.4, -0.2) is 49.0 Å². The van der Waals surface area contributed by atoms with E-state index in [9.17, 15) is 18.8 Å². The van der Waals surface area contributed by atoms with Crippen molar-refractivity contribution in [1.82, 2.24) is 4.90 Å². The summed E-state index contributed by atoms with van der Waals surface area (Å²) >= 11 is 0. The maximum Gasteiger partial charge on any atom is 0.415 e. The van der Waals surface area contributed by atoms with Crippen LogP contribution in [-0.2, 0) is 14.3 Å². The largest absolute Gasteiger partial charge is 0.434 e. The number of cyclic esters (lactones) is 1. The summed E-state index contributed by atoms with van der Waals surface area (Å²) in [6.07, 6.45) is -1.76. The van der Waals surface area contributed by atoms with E-state index in [1.54, 1.807) is 24.1 Å². The number of amides is 3. The fourth-order valence-electron chi connectivity index (χ4n) is 3.80. The lowest BCUT2D eigenvalue weighted by Crippen LogP contribution is -2.32. The minimum absolute atomic E-state index is 0.0368. The SMILES string of the molecule is CN1CC2C(C1=O)C2c1ccc(N2C[C@H](C(N)=O)OC2=O)cc1F. The number of primary amides is 1. The van der Waals surface area contributed by atoms with Gasteiger partial charge < -0.3 is 15.4 Å². The van der Waals surface area contributed by atoms with Crippen molar-refractivity contribution in [3.05, 3.63) is 29.6 Å². The molecule has 24 heavy (non-hydrogen) atoms. The van der Waals surface area contributed by atoms with Gasteiger partial charge in [-0.3, -0.25) is 14.5 Å². The number of likely N-dealkylation sites (tertiary alicyclic amines) is 1. The predicted octanol–water partition coefficient (Wildman–Crippen LogP) is 0.438. The molecule has 0 bridgehead atoms. The topological polar surface area (TPSA) is 92.9 Å². The smallest absolute Gasteiger partial charge is 0.415 e. The van der Waals surface area contributed by atoms with Crippen molar-refractivity contribution in [2.45, 2.75) is 12.0 Å². The molecule has 3 unspecified atom stereocenters. The number of benzene rings is 1. The van der Waals surface area contributed by atoms with Crippen molar-refractivity contribution in [2.75, 3.05) is 25.0 Å². The zero-order valence-electron chi connectivity index (χ0n) is 12.9. The van der Waals surface area contributed by atoms with Gasteiger partial charge in [-0.2, -0.15) is 0 Å². The molecule has 8 heteroatoms. The zero-order valence-corrected chi connectivity index (χ0v) is 12.9. The van der Waals surface area contributed by atoms with Crippen molar-refractivity contribution in [2.24, 2.45) is 17.6 Å². The lowest BCUT2D eigenvalue weighted by Gasteiger charge is -2.16. The van der Waals surface area contributed by atoms with Gasteiger partial charge in [-0.25, -0.2) is 9.18 Å². The van der Waals surface area contributed by atoms with Gasteiger partial charge in [0.15, 0.2) is 6.10 Å². The van der Waals surface area contributed by atoms with E-state index in [1.165, 1.54) is 11.0 Å². The second-order valence-corrected chi connectivity index (χ2v) is 6.53. The molecular weight excluding hydrogens is 317 g/mol. The summed E-state index contributed by atoms with van der Waals surface area (Å²) in [7, 11) is 1.75.